The molecule has 0 spiro atoms. The number of para-hydroxylation sites is 1. The Balaban J connectivity index is 1.39. The minimum Gasteiger partial charge on any atom is -0.369 e. The van der Waals surface area contributed by atoms with E-state index in [2.05, 4.69) is 28.9 Å². The standard InChI is InChI=1S/C24H29N3O2/c1-2-3-7-19-10-12-21(13-11-19)27-23(28)18-22(24(27)29)26-16-14-25(15-17-26)20-8-5-4-6-9-20/h4-6,8-13,22H,2-3,7,14-18H2,1H3/t22-/m1/s1. The summed E-state index contributed by atoms with van der Waals surface area (Å²) in [4.78, 5) is 31.6. The normalized spacial score (nSPS) is 20.5. The molecule has 2 saturated heterocycles. The van der Waals surface area contributed by atoms with Crippen molar-refractivity contribution >= 4 is 23.2 Å². The van der Waals surface area contributed by atoms with Gasteiger partial charge in [0.2, 0.25) is 5.91 Å². The molecule has 0 N–H and O–H groups in total. The van der Waals surface area contributed by atoms with E-state index in [9.17, 15) is 9.59 Å². The lowest BCUT2D eigenvalue weighted by atomic mass is 10.1. The number of anilines is 2. The molecule has 0 radical (unpaired) electrons. The number of carbonyl (C=O) groups is 2. The zero-order valence-corrected chi connectivity index (χ0v) is 17.1. The number of hydrogen-bond acceptors (Lipinski definition) is 4. The maximum atomic E-state index is 13.1. The Morgan fingerprint density at radius 2 is 1.55 bits per heavy atom. The minimum atomic E-state index is -0.333. The maximum absolute atomic E-state index is 13.1. The van der Waals surface area contributed by atoms with Crippen LogP contribution in [0.5, 0.6) is 0 Å². The summed E-state index contributed by atoms with van der Waals surface area (Å²) in [5.74, 6) is -0.170. The topological polar surface area (TPSA) is 43.9 Å². The number of benzene rings is 2. The number of carbonyl (C=O) groups excluding carboxylic acids is 2. The molecule has 2 fully saturated rings. The van der Waals surface area contributed by atoms with Crippen molar-refractivity contribution in [1.82, 2.24) is 4.90 Å². The highest BCUT2D eigenvalue weighted by atomic mass is 16.2. The highest BCUT2D eigenvalue weighted by Gasteiger charge is 2.43. The van der Waals surface area contributed by atoms with E-state index in [1.165, 1.54) is 16.2 Å². The van der Waals surface area contributed by atoms with Gasteiger partial charge in [-0.25, -0.2) is 4.90 Å². The highest BCUT2D eigenvalue weighted by molar-refractivity contribution is 6.22. The van der Waals surface area contributed by atoms with Gasteiger partial charge >= 0.3 is 0 Å². The van der Waals surface area contributed by atoms with Gasteiger partial charge in [0.1, 0.15) is 0 Å². The zero-order chi connectivity index (χ0) is 20.2. The SMILES string of the molecule is CCCCc1ccc(N2C(=O)C[C@@H](N3CCN(c4ccccc4)CC3)C2=O)cc1. The average Bonchev–Trinajstić information content (AvgIpc) is 3.07. The molecule has 1 atom stereocenters. The fraction of sp³-hybridized carbons (Fsp3) is 0.417. The van der Waals surface area contributed by atoms with Gasteiger partial charge in [-0.15, -0.1) is 0 Å². The summed E-state index contributed by atoms with van der Waals surface area (Å²) in [6.07, 6.45) is 3.62. The third-order valence-electron chi connectivity index (χ3n) is 6.01. The van der Waals surface area contributed by atoms with Crippen molar-refractivity contribution in [3.63, 3.8) is 0 Å². The van der Waals surface area contributed by atoms with Gasteiger partial charge in [-0.1, -0.05) is 43.7 Å². The van der Waals surface area contributed by atoms with E-state index in [0.717, 1.165) is 45.4 Å². The summed E-state index contributed by atoms with van der Waals surface area (Å²) in [5, 5.41) is 0. The molecular weight excluding hydrogens is 362 g/mol. The average molecular weight is 392 g/mol. The van der Waals surface area contributed by atoms with E-state index in [4.69, 9.17) is 0 Å². The molecule has 2 aromatic rings. The zero-order valence-electron chi connectivity index (χ0n) is 17.1. The molecule has 4 rings (SSSR count). The minimum absolute atomic E-state index is 0.0792. The third kappa shape index (κ3) is 4.20. The van der Waals surface area contributed by atoms with Gasteiger partial charge in [0.15, 0.2) is 0 Å². The van der Waals surface area contributed by atoms with Crippen molar-refractivity contribution < 1.29 is 9.59 Å². The first-order valence-electron chi connectivity index (χ1n) is 10.7. The van der Waals surface area contributed by atoms with E-state index >= 15 is 0 Å². The lowest BCUT2D eigenvalue weighted by Gasteiger charge is -2.38. The van der Waals surface area contributed by atoms with Crippen LogP contribution in [0.3, 0.4) is 0 Å². The van der Waals surface area contributed by atoms with Crippen LogP contribution in [0.4, 0.5) is 11.4 Å². The molecule has 5 heteroatoms. The van der Waals surface area contributed by atoms with Crippen LogP contribution < -0.4 is 9.80 Å². The number of nitrogens with zero attached hydrogens (tertiary/aromatic N) is 3. The van der Waals surface area contributed by atoms with Crippen molar-refractivity contribution in [2.45, 2.75) is 38.6 Å². The molecule has 2 heterocycles. The lowest BCUT2D eigenvalue weighted by molar-refractivity contribution is -0.123. The van der Waals surface area contributed by atoms with E-state index < -0.39 is 0 Å². The van der Waals surface area contributed by atoms with Crippen molar-refractivity contribution in [2.24, 2.45) is 0 Å². The number of unbranched alkanes of at least 4 members (excludes halogenated alkanes) is 1. The number of rotatable bonds is 6. The molecule has 0 aliphatic carbocycles. The monoisotopic (exact) mass is 391 g/mol. The molecule has 0 unspecified atom stereocenters. The molecule has 0 aromatic heterocycles. The van der Waals surface area contributed by atoms with Crippen LogP contribution in [0.25, 0.3) is 0 Å². The molecule has 5 nitrogen and oxygen atoms in total. The summed E-state index contributed by atoms with van der Waals surface area (Å²) in [6.45, 7) is 5.50. The van der Waals surface area contributed by atoms with E-state index in [1.54, 1.807) is 0 Å². The Kier molecular flexibility index (Phi) is 5.95. The molecule has 2 aliphatic rings. The van der Waals surface area contributed by atoms with Gasteiger partial charge in [-0.2, -0.15) is 0 Å². The van der Waals surface area contributed by atoms with Gasteiger partial charge in [-0.05, 0) is 42.7 Å². The molecule has 0 saturated carbocycles. The fourth-order valence-electron chi connectivity index (χ4n) is 4.30. The van der Waals surface area contributed by atoms with E-state index in [0.29, 0.717) is 5.69 Å². The quantitative estimate of drug-likeness (QED) is 0.707. The Labute approximate surface area is 172 Å². The van der Waals surface area contributed by atoms with Gasteiger partial charge < -0.3 is 4.90 Å². The Morgan fingerprint density at radius 1 is 0.862 bits per heavy atom. The summed E-state index contributed by atoms with van der Waals surface area (Å²) < 4.78 is 0. The third-order valence-corrected chi connectivity index (χ3v) is 6.01. The summed E-state index contributed by atoms with van der Waals surface area (Å²) in [5.41, 5.74) is 3.17. The Bertz CT molecular complexity index is 842. The smallest absolute Gasteiger partial charge is 0.251 e. The number of imide groups is 1. The molecule has 29 heavy (non-hydrogen) atoms. The van der Waals surface area contributed by atoms with Crippen LogP contribution in [0.15, 0.2) is 54.6 Å². The van der Waals surface area contributed by atoms with Gasteiger partial charge in [0, 0.05) is 31.9 Å². The first kappa shape index (κ1) is 19.6. The van der Waals surface area contributed by atoms with E-state index in [1.807, 2.05) is 42.5 Å². The summed E-state index contributed by atoms with van der Waals surface area (Å²) in [7, 11) is 0. The number of amides is 2. The molecular formula is C24H29N3O2. The second-order valence-corrected chi connectivity index (χ2v) is 7.92. The summed E-state index contributed by atoms with van der Waals surface area (Å²) >= 11 is 0. The van der Waals surface area contributed by atoms with Crippen molar-refractivity contribution in [3.05, 3.63) is 60.2 Å². The highest BCUT2D eigenvalue weighted by Crippen LogP contribution is 2.27. The lowest BCUT2D eigenvalue weighted by Crippen LogP contribution is -2.52. The van der Waals surface area contributed by atoms with Gasteiger partial charge in [0.25, 0.3) is 5.91 Å². The fourth-order valence-corrected chi connectivity index (χ4v) is 4.30. The Morgan fingerprint density at radius 3 is 2.21 bits per heavy atom. The number of aryl methyl sites for hydroxylation is 1. The number of hydrogen-bond donors (Lipinski definition) is 0. The van der Waals surface area contributed by atoms with Gasteiger partial charge in [-0.3, -0.25) is 14.5 Å². The molecule has 2 aliphatic heterocycles. The van der Waals surface area contributed by atoms with Crippen LogP contribution in [-0.4, -0.2) is 48.9 Å². The number of piperazine rings is 1. The van der Waals surface area contributed by atoms with Crippen molar-refractivity contribution in [1.29, 1.82) is 0 Å². The van der Waals surface area contributed by atoms with E-state index in [-0.39, 0.29) is 24.3 Å². The first-order valence-corrected chi connectivity index (χ1v) is 10.7. The largest absolute Gasteiger partial charge is 0.369 e. The molecule has 152 valence electrons. The Hall–Kier alpha value is -2.66. The first-order chi connectivity index (χ1) is 14.2. The van der Waals surface area contributed by atoms with Crippen LogP contribution in [-0.2, 0) is 16.0 Å². The predicted octanol–water partition coefficient (Wildman–Crippen LogP) is 3.48. The second kappa shape index (κ2) is 8.78. The maximum Gasteiger partial charge on any atom is 0.251 e. The van der Waals surface area contributed by atoms with Crippen molar-refractivity contribution in [2.75, 3.05) is 36.0 Å². The van der Waals surface area contributed by atoms with Crippen molar-refractivity contribution in [3.8, 4) is 0 Å². The molecule has 2 aromatic carbocycles. The molecule has 2 amide bonds. The molecule has 0 bridgehead atoms. The van der Waals surface area contributed by atoms with Gasteiger partial charge in [0.05, 0.1) is 18.2 Å². The van der Waals surface area contributed by atoms with Crippen LogP contribution >= 0.6 is 0 Å². The van der Waals surface area contributed by atoms with Crippen LogP contribution in [0.1, 0.15) is 31.7 Å². The second-order valence-electron chi connectivity index (χ2n) is 7.92. The van der Waals surface area contributed by atoms with Crippen LogP contribution in [0.2, 0.25) is 0 Å². The predicted molar refractivity (Wildman–Crippen MR) is 116 cm³/mol. The summed E-state index contributed by atoms with van der Waals surface area (Å²) in [6, 6.07) is 17.9. The van der Waals surface area contributed by atoms with Crippen LogP contribution in [0, 0.1) is 0 Å².